The molecular weight excluding hydrogens is 414 g/mol. The minimum Gasteiger partial charge on any atom is -0.497 e. The molecule has 0 bridgehead atoms. The number of aromatic nitrogens is 1. The highest BCUT2D eigenvalue weighted by Crippen LogP contribution is 2.31. The molecule has 0 unspecified atom stereocenters. The number of carbonyl (C=O) groups is 1. The van der Waals surface area contributed by atoms with Gasteiger partial charge in [-0.2, -0.15) is 0 Å². The zero-order chi connectivity index (χ0) is 20.6. The lowest BCUT2D eigenvalue weighted by Gasteiger charge is -2.12. The fraction of sp³-hybridized carbons (Fsp3) is 0.263. The van der Waals surface area contributed by atoms with Gasteiger partial charge >= 0.3 is 0 Å². The lowest BCUT2D eigenvalue weighted by molar-refractivity contribution is 0.102. The minimum atomic E-state index is -3.78. The average Bonchev–Trinajstić information content (AvgIpc) is 3.42. The number of nitrogens with one attached hydrogen (secondary N) is 2. The van der Waals surface area contributed by atoms with Gasteiger partial charge in [0.2, 0.25) is 10.0 Å². The third-order valence-electron chi connectivity index (χ3n) is 4.43. The molecule has 3 aromatic rings. The number of hydrogen-bond donors (Lipinski definition) is 2. The molecule has 0 radical (unpaired) electrons. The molecular formula is C19H19N3O5S2. The Balaban J connectivity index is 1.60. The van der Waals surface area contributed by atoms with Gasteiger partial charge in [0.25, 0.3) is 5.91 Å². The Bertz CT molecular complexity index is 1190. The molecule has 0 aliphatic heterocycles. The monoisotopic (exact) mass is 433 g/mol. The van der Waals surface area contributed by atoms with E-state index in [1.54, 1.807) is 13.2 Å². The lowest BCUT2D eigenvalue weighted by Crippen LogP contribution is -2.26. The van der Waals surface area contributed by atoms with Crippen LogP contribution in [0.3, 0.4) is 0 Å². The third-order valence-corrected chi connectivity index (χ3v) is 6.91. The Morgan fingerprint density at radius 3 is 2.62 bits per heavy atom. The summed E-state index contributed by atoms with van der Waals surface area (Å²) < 4.78 is 39.1. The van der Waals surface area contributed by atoms with Gasteiger partial charge in [0, 0.05) is 11.6 Å². The maximum absolute atomic E-state index is 12.7. The summed E-state index contributed by atoms with van der Waals surface area (Å²) in [6.45, 7) is 0. The molecule has 8 nitrogen and oxygen atoms in total. The van der Waals surface area contributed by atoms with Gasteiger partial charge in [-0.25, -0.2) is 18.1 Å². The summed E-state index contributed by atoms with van der Waals surface area (Å²) in [6.07, 6.45) is 1.62. The summed E-state index contributed by atoms with van der Waals surface area (Å²) in [7, 11) is -0.808. The van der Waals surface area contributed by atoms with Gasteiger partial charge in [-0.3, -0.25) is 10.1 Å². The summed E-state index contributed by atoms with van der Waals surface area (Å²) in [5, 5.41) is 3.14. The second kappa shape index (κ2) is 7.62. The zero-order valence-electron chi connectivity index (χ0n) is 15.8. The van der Waals surface area contributed by atoms with E-state index >= 15 is 0 Å². The summed E-state index contributed by atoms with van der Waals surface area (Å²) in [5.41, 5.74) is 0.927. The van der Waals surface area contributed by atoms with Crippen molar-refractivity contribution in [3.05, 3.63) is 42.0 Å². The van der Waals surface area contributed by atoms with E-state index in [-0.39, 0.29) is 22.3 Å². The Labute approximate surface area is 171 Å². The molecule has 1 aliphatic rings. The number of methoxy groups -OCH3 is 2. The molecule has 0 spiro atoms. The fourth-order valence-electron chi connectivity index (χ4n) is 2.77. The summed E-state index contributed by atoms with van der Waals surface area (Å²) in [4.78, 5) is 17.0. The highest BCUT2D eigenvalue weighted by molar-refractivity contribution is 7.89. The van der Waals surface area contributed by atoms with E-state index in [1.807, 2.05) is 12.1 Å². The number of thiazole rings is 1. The van der Waals surface area contributed by atoms with Gasteiger partial charge in [-0.05, 0) is 49.2 Å². The van der Waals surface area contributed by atoms with Gasteiger partial charge in [0.05, 0.1) is 24.4 Å². The van der Waals surface area contributed by atoms with Crippen molar-refractivity contribution in [2.24, 2.45) is 0 Å². The maximum atomic E-state index is 12.7. The Kier molecular flexibility index (Phi) is 5.15. The number of fused-ring (bicyclic) bond motifs is 1. The van der Waals surface area contributed by atoms with Crippen LogP contribution in [0.2, 0.25) is 0 Å². The molecule has 4 rings (SSSR count). The van der Waals surface area contributed by atoms with Gasteiger partial charge in [-0.1, -0.05) is 11.3 Å². The van der Waals surface area contributed by atoms with Gasteiger partial charge < -0.3 is 9.47 Å². The Morgan fingerprint density at radius 2 is 1.93 bits per heavy atom. The Morgan fingerprint density at radius 1 is 1.14 bits per heavy atom. The van der Waals surface area contributed by atoms with E-state index in [1.165, 1.54) is 36.6 Å². The van der Waals surface area contributed by atoms with E-state index in [0.29, 0.717) is 10.9 Å². The second-order valence-electron chi connectivity index (χ2n) is 6.57. The maximum Gasteiger partial charge on any atom is 0.257 e. The average molecular weight is 434 g/mol. The van der Waals surface area contributed by atoms with Gasteiger partial charge in [-0.15, -0.1) is 0 Å². The molecule has 1 aliphatic carbocycles. The number of rotatable bonds is 7. The van der Waals surface area contributed by atoms with E-state index in [0.717, 1.165) is 23.1 Å². The fourth-order valence-corrected chi connectivity index (χ4v) is 5.16. The van der Waals surface area contributed by atoms with Crippen molar-refractivity contribution in [3.63, 3.8) is 0 Å². The number of nitrogens with zero attached hydrogens (tertiary/aromatic N) is 1. The molecule has 2 N–H and O–H groups in total. The second-order valence-corrected chi connectivity index (χ2v) is 9.28. The highest BCUT2D eigenvalue weighted by atomic mass is 32.2. The molecule has 152 valence electrons. The van der Waals surface area contributed by atoms with E-state index in [2.05, 4.69) is 15.0 Å². The molecule has 1 aromatic heterocycles. The van der Waals surface area contributed by atoms with Crippen LogP contribution >= 0.6 is 11.3 Å². The van der Waals surface area contributed by atoms with Crippen molar-refractivity contribution in [1.29, 1.82) is 0 Å². The van der Waals surface area contributed by atoms with Crippen LogP contribution in [0.25, 0.3) is 10.2 Å². The normalized spacial score (nSPS) is 14.0. The topological polar surface area (TPSA) is 107 Å². The standard InChI is InChI=1S/C19H19N3O5S2/c1-26-13-6-7-14-16(10-13)28-19(20-14)21-18(23)11-3-8-15(27-2)17(9-11)29(24,25)22-12-4-5-12/h3,6-10,12,22H,4-5H2,1-2H3,(H,20,21,23). The lowest BCUT2D eigenvalue weighted by atomic mass is 10.2. The SMILES string of the molecule is COc1ccc2nc(NC(=O)c3ccc(OC)c(S(=O)(=O)NC4CC4)c3)sc2c1. The molecule has 1 saturated carbocycles. The molecule has 1 heterocycles. The molecule has 29 heavy (non-hydrogen) atoms. The minimum absolute atomic E-state index is 0.0538. The van der Waals surface area contributed by atoms with E-state index < -0.39 is 15.9 Å². The smallest absolute Gasteiger partial charge is 0.257 e. The third kappa shape index (κ3) is 4.19. The first-order valence-electron chi connectivity index (χ1n) is 8.86. The Hall–Kier alpha value is -2.69. The number of anilines is 1. The van der Waals surface area contributed by atoms with Crippen LogP contribution in [0.5, 0.6) is 11.5 Å². The number of benzene rings is 2. The zero-order valence-corrected chi connectivity index (χ0v) is 17.4. The van der Waals surface area contributed by atoms with Crippen LogP contribution in [-0.4, -0.2) is 39.6 Å². The molecule has 1 fully saturated rings. The summed E-state index contributed by atoms with van der Waals surface area (Å²) >= 11 is 1.31. The van der Waals surface area contributed by atoms with Crippen LogP contribution in [0.15, 0.2) is 41.3 Å². The van der Waals surface area contributed by atoms with Crippen LogP contribution in [0.4, 0.5) is 5.13 Å². The summed E-state index contributed by atoms with van der Waals surface area (Å²) in [6, 6.07) is 9.69. The van der Waals surface area contributed by atoms with Crippen molar-refractivity contribution >= 4 is 42.6 Å². The molecule has 2 aromatic carbocycles. The first kappa shape index (κ1) is 19.6. The van der Waals surface area contributed by atoms with Crippen LogP contribution in [-0.2, 0) is 10.0 Å². The summed E-state index contributed by atoms with van der Waals surface area (Å²) in [5.74, 6) is 0.426. The largest absolute Gasteiger partial charge is 0.497 e. The predicted molar refractivity (Wildman–Crippen MR) is 110 cm³/mol. The number of amides is 1. The van der Waals surface area contributed by atoms with Crippen LogP contribution in [0.1, 0.15) is 23.2 Å². The molecule has 10 heteroatoms. The van der Waals surface area contributed by atoms with Crippen molar-refractivity contribution in [3.8, 4) is 11.5 Å². The number of sulfonamides is 1. The van der Waals surface area contributed by atoms with Crippen molar-refractivity contribution in [2.45, 2.75) is 23.8 Å². The van der Waals surface area contributed by atoms with Crippen molar-refractivity contribution < 1.29 is 22.7 Å². The molecule has 0 saturated heterocycles. The molecule has 1 amide bonds. The number of carbonyl (C=O) groups excluding carboxylic acids is 1. The van der Waals surface area contributed by atoms with E-state index in [4.69, 9.17) is 9.47 Å². The van der Waals surface area contributed by atoms with Gasteiger partial charge in [0.15, 0.2) is 5.13 Å². The van der Waals surface area contributed by atoms with Crippen molar-refractivity contribution in [1.82, 2.24) is 9.71 Å². The first-order valence-corrected chi connectivity index (χ1v) is 11.2. The first-order chi connectivity index (χ1) is 13.9. The predicted octanol–water partition coefficient (Wildman–Crippen LogP) is 3.01. The number of ether oxygens (including phenoxy) is 2. The van der Waals surface area contributed by atoms with Gasteiger partial charge in [0.1, 0.15) is 16.4 Å². The molecule has 0 atom stereocenters. The van der Waals surface area contributed by atoms with Crippen LogP contribution in [0, 0.1) is 0 Å². The van der Waals surface area contributed by atoms with Crippen LogP contribution < -0.4 is 19.5 Å². The highest BCUT2D eigenvalue weighted by Gasteiger charge is 2.30. The number of hydrogen-bond acceptors (Lipinski definition) is 7. The van der Waals surface area contributed by atoms with E-state index in [9.17, 15) is 13.2 Å². The van der Waals surface area contributed by atoms with Crippen molar-refractivity contribution in [2.75, 3.05) is 19.5 Å². The quantitative estimate of drug-likeness (QED) is 0.593.